The molecule has 1 atom stereocenters. The second kappa shape index (κ2) is 2.85. The van der Waals surface area contributed by atoms with E-state index >= 15 is 0 Å². The van der Waals surface area contributed by atoms with Gasteiger partial charge >= 0.3 is 0 Å². The third kappa shape index (κ3) is 2.52. The lowest BCUT2D eigenvalue weighted by atomic mass is 11.4. The van der Waals surface area contributed by atoms with Crippen molar-refractivity contribution >= 4 is 46.3 Å². The summed E-state index contributed by atoms with van der Waals surface area (Å²) in [6.07, 6.45) is 2.87. The molecule has 1 unspecified atom stereocenters. The van der Waals surface area contributed by atoms with Gasteiger partial charge in [-0.2, -0.15) is 11.1 Å². The Kier molecular flexibility index (Phi) is 3.13. The molecule has 0 aliphatic carbocycles. The summed E-state index contributed by atoms with van der Waals surface area (Å²) >= 11 is 17.5. The molecule has 9 heavy (non-hydrogen) atoms. The fourth-order valence-electron chi connectivity index (χ4n) is 0.127. The van der Waals surface area contributed by atoms with Gasteiger partial charge in [0.2, 0.25) is 0 Å². The Hall–Kier alpha value is 0.864. The number of halogens is 3. The first kappa shape index (κ1) is 9.86. The monoisotopic (exact) mass is 216 g/mol. The van der Waals surface area contributed by atoms with Crippen LogP contribution >= 0.6 is 33.2 Å². The Balaban J connectivity index is 4.39. The van der Waals surface area contributed by atoms with E-state index in [4.69, 9.17) is 39.7 Å². The largest absolute Gasteiger partial charge is 0.267 e. The van der Waals surface area contributed by atoms with Crippen molar-refractivity contribution in [3.05, 3.63) is 0 Å². The Morgan fingerprint density at radius 3 is 1.56 bits per heavy atom. The van der Waals surface area contributed by atoms with Gasteiger partial charge in [-0.1, -0.05) is 0 Å². The predicted octanol–water partition coefficient (Wildman–Crippen LogP) is 2.60. The molecular formula is C4H7Cl3Si2. The molecule has 0 nitrogen and oxygen atoms in total. The van der Waals surface area contributed by atoms with Gasteiger partial charge in [0.25, 0.3) is 13.1 Å². The number of rotatable bonds is 1. The van der Waals surface area contributed by atoms with Gasteiger partial charge in [0, 0.05) is 0 Å². The molecule has 0 saturated heterocycles. The molecule has 0 bridgehead atoms. The minimum atomic E-state index is -2.27. The molecule has 0 fully saturated rings. The van der Waals surface area contributed by atoms with E-state index in [0.717, 1.165) is 0 Å². The Labute approximate surface area is 71.4 Å². The minimum absolute atomic E-state index is 1.76. The van der Waals surface area contributed by atoms with E-state index in [9.17, 15) is 0 Å². The molecule has 0 aromatic carbocycles. The molecule has 52 valence electrons. The van der Waals surface area contributed by atoms with E-state index in [2.05, 4.69) is 5.54 Å². The van der Waals surface area contributed by atoms with E-state index in [0.29, 0.717) is 0 Å². The van der Waals surface area contributed by atoms with Gasteiger partial charge in [-0.05, 0) is 13.1 Å². The molecule has 5 heteroatoms. The Bertz CT molecular complexity index is 141. The Morgan fingerprint density at radius 1 is 1.22 bits per heavy atom. The zero-order valence-corrected chi connectivity index (χ0v) is 9.48. The summed E-state index contributed by atoms with van der Waals surface area (Å²) in [5.74, 6) is 0. The predicted molar refractivity (Wildman–Crippen MR) is 49.6 cm³/mol. The van der Waals surface area contributed by atoms with Gasteiger partial charge in [0.15, 0.2) is 0 Å². The maximum Gasteiger partial charge on any atom is 0.267 e. The lowest BCUT2D eigenvalue weighted by Gasteiger charge is -2.20. The molecule has 0 heterocycles. The Morgan fingerprint density at radius 2 is 1.56 bits per heavy atom. The molecule has 0 amide bonds. The van der Waals surface area contributed by atoms with Crippen LogP contribution in [0.5, 0.6) is 0 Å². The standard InChI is InChI=1S/C4H7Cl3Si2/c1-4-8(2,5)9(3,6)7/h1H,2-3H3. The van der Waals surface area contributed by atoms with Crippen LogP contribution in [0.15, 0.2) is 0 Å². The van der Waals surface area contributed by atoms with Crippen molar-refractivity contribution in [2.45, 2.75) is 13.1 Å². The van der Waals surface area contributed by atoms with Crippen LogP contribution in [0.3, 0.4) is 0 Å². The van der Waals surface area contributed by atoms with Crippen molar-refractivity contribution in [3.63, 3.8) is 0 Å². The number of terminal acetylenes is 1. The molecule has 0 saturated carbocycles. The van der Waals surface area contributed by atoms with Crippen molar-refractivity contribution in [2.24, 2.45) is 0 Å². The highest BCUT2D eigenvalue weighted by Gasteiger charge is 2.45. The highest BCUT2D eigenvalue weighted by Crippen LogP contribution is 2.29. The molecule has 0 rings (SSSR count). The van der Waals surface area contributed by atoms with E-state index < -0.39 is 13.1 Å². The summed E-state index contributed by atoms with van der Waals surface area (Å²) in [7, 11) is 0. The average Bonchev–Trinajstić information content (AvgIpc) is 1.64. The number of hydrogen-bond donors (Lipinski definition) is 0. The molecule has 0 radical (unpaired) electrons. The van der Waals surface area contributed by atoms with Crippen LogP contribution in [0.2, 0.25) is 13.1 Å². The van der Waals surface area contributed by atoms with Crippen LogP contribution in [0, 0.1) is 12.0 Å². The van der Waals surface area contributed by atoms with Crippen LogP contribution in [0.4, 0.5) is 0 Å². The molecule has 0 aliphatic heterocycles. The van der Waals surface area contributed by atoms with Crippen molar-refractivity contribution in [2.75, 3.05) is 0 Å². The SMILES string of the molecule is C#C[Si](C)(Cl)[Si](C)(Cl)Cl. The third-order valence-corrected chi connectivity index (χ3v) is 20.9. The van der Waals surface area contributed by atoms with Gasteiger partial charge in [-0.15, -0.1) is 34.1 Å². The highest BCUT2D eigenvalue weighted by molar-refractivity contribution is 7.84. The second-order valence-electron chi connectivity index (χ2n) is 2.04. The van der Waals surface area contributed by atoms with E-state index in [1.807, 2.05) is 0 Å². The summed E-state index contributed by atoms with van der Waals surface area (Å²) in [5, 5.41) is 0. The first-order chi connectivity index (χ1) is 3.81. The van der Waals surface area contributed by atoms with Gasteiger partial charge in [0.05, 0.1) is 0 Å². The van der Waals surface area contributed by atoms with Gasteiger partial charge in [-0.25, -0.2) is 0 Å². The first-order valence-corrected chi connectivity index (χ1v) is 11.4. The zero-order valence-electron chi connectivity index (χ0n) is 5.21. The molecule has 0 aliphatic rings. The highest BCUT2D eigenvalue weighted by atomic mass is 35.7. The average molecular weight is 218 g/mol. The summed E-state index contributed by atoms with van der Waals surface area (Å²) in [5.41, 5.74) is 2.48. The topological polar surface area (TPSA) is 0 Å². The van der Waals surface area contributed by atoms with Gasteiger partial charge in [-0.3, -0.25) is 0 Å². The fourth-order valence-corrected chi connectivity index (χ4v) is 2.12. The zero-order chi connectivity index (χ0) is 7.71. The van der Waals surface area contributed by atoms with Crippen molar-refractivity contribution in [1.29, 1.82) is 0 Å². The van der Waals surface area contributed by atoms with Crippen molar-refractivity contribution in [3.8, 4) is 12.0 Å². The smallest absolute Gasteiger partial charge is 0.151 e. The van der Waals surface area contributed by atoms with E-state index in [-0.39, 0.29) is 0 Å². The van der Waals surface area contributed by atoms with Crippen LogP contribution in [-0.4, -0.2) is 13.1 Å². The molecule has 0 N–H and O–H groups in total. The van der Waals surface area contributed by atoms with Gasteiger partial charge in [0.1, 0.15) is 0 Å². The lowest BCUT2D eigenvalue weighted by Crippen LogP contribution is -2.45. The minimum Gasteiger partial charge on any atom is -0.151 e. The van der Waals surface area contributed by atoms with Crippen LogP contribution in [0.25, 0.3) is 0 Å². The van der Waals surface area contributed by atoms with Crippen molar-refractivity contribution in [1.82, 2.24) is 0 Å². The molecular weight excluding hydrogens is 211 g/mol. The maximum absolute atomic E-state index is 5.90. The van der Waals surface area contributed by atoms with E-state index in [1.54, 1.807) is 13.1 Å². The molecule has 0 aromatic heterocycles. The lowest BCUT2D eigenvalue weighted by molar-refractivity contribution is 2.15. The van der Waals surface area contributed by atoms with Crippen LogP contribution in [0.1, 0.15) is 0 Å². The summed E-state index contributed by atoms with van der Waals surface area (Å²) in [6.45, 7) is 1.34. The van der Waals surface area contributed by atoms with E-state index in [1.165, 1.54) is 0 Å². The third-order valence-electron chi connectivity index (χ3n) is 1.10. The quantitative estimate of drug-likeness (QED) is 0.360. The second-order valence-corrected chi connectivity index (χ2v) is 22.3. The van der Waals surface area contributed by atoms with Crippen molar-refractivity contribution < 1.29 is 0 Å². The summed E-state index contributed by atoms with van der Waals surface area (Å²) in [6, 6.07) is 0. The first-order valence-electron chi connectivity index (χ1n) is 2.36. The molecule has 0 aromatic rings. The summed E-state index contributed by atoms with van der Waals surface area (Å²) < 4.78 is 0. The normalized spacial score (nSPS) is 18.2. The maximum atomic E-state index is 5.90. The van der Waals surface area contributed by atoms with Crippen LogP contribution in [-0.2, 0) is 0 Å². The van der Waals surface area contributed by atoms with Gasteiger partial charge < -0.3 is 0 Å². The molecule has 0 spiro atoms. The number of hydrogen-bond acceptors (Lipinski definition) is 0. The van der Waals surface area contributed by atoms with Crippen LogP contribution < -0.4 is 0 Å². The summed E-state index contributed by atoms with van der Waals surface area (Å²) in [4.78, 5) is 0. The fraction of sp³-hybridized carbons (Fsp3) is 0.500.